The maximum Gasteiger partial charge on any atom is 0.291 e. The quantitative estimate of drug-likeness (QED) is 0.178. The maximum absolute atomic E-state index is 13.9. The van der Waals surface area contributed by atoms with Crippen molar-refractivity contribution in [2.75, 3.05) is 10.6 Å². The number of nitrogens with one attached hydrogen (secondary N) is 2. The van der Waals surface area contributed by atoms with E-state index in [1.165, 1.54) is 39.8 Å². The Bertz CT molecular complexity index is 1740. The Morgan fingerprint density at radius 3 is 2.48 bits per heavy atom. The molecule has 1 aliphatic carbocycles. The minimum Gasteiger partial charge on any atom is -0.459 e. The van der Waals surface area contributed by atoms with E-state index in [4.69, 9.17) is 4.42 Å². The number of nitrogens with zero attached hydrogens (tertiary/aromatic N) is 1. The molecule has 2 unspecified atom stereocenters. The Kier molecular flexibility index (Phi) is 8.22. The second-order valence-electron chi connectivity index (χ2n) is 10.0. The second-order valence-corrected chi connectivity index (χ2v) is 12.3. The van der Waals surface area contributed by atoms with E-state index in [9.17, 15) is 14.9 Å². The van der Waals surface area contributed by atoms with Gasteiger partial charge in [0.05, 0.1) is 11.8 Å². The number of fused-ring (bicyclic) bond motifs is 1. The molecule has 2 heterocycles. The average Bonchev–Trinajstić information content (AvgIpc) is 3.69. The van der Waals surface area contributed by atoms with Gasteiger partial charge < -0.3 is 15.1 Å². The standard InChI is InChI=1S/C34H27N3O3S2/c35-21-28-27-17-16-24(22-9-3-1-4-10-22)19-30(27)42-34(28)37-33(39)31(23-11-5-2-6-12-23)41-26-14-7-13-25(20-26)36-32(38)29-15-8-18-40-29/h1-15,18,20,24,31H,16-17,19H2,(H,36,38)(H,37,39). The van der Waals surface area contributed by atoms with Crippen LogP contribution in [0.25, 0.3) is 0 Å². The van der Waals surface area contributed by atoms with Crippen LogP contribution in [-0.2, 0) is 17.6 Å². The molecule has 1 aliphatic rings. The van der Waals surface area contributed by atoms with Crippen LogP contribution in [-0.4, -0.2) is 11.8 Å². The molecule has 6 rings (SSSR count). The van der Waals surface area contributed by atoms with Crippen LogP contribution in [0.15, 0.2) is 113 Å². The van der Waals surface area contributed by atoms with Crippen molar-refractivity contribution < 1.29 is 14.0 Å². The van der Waals surface area contributed by atoms with Gasteiger partial charge in [-0.3, -0.25) is 9.59 Å². The molecule has 0 fully saturated rings. The summed E-state index contributed by atoms with van der Waals surface area (Å²) in [4.78, 5) is 28.4. The summed E-state index contributed by atoms with van der Waals surface area (Å²) in [5.74, 6) is 0.0721. The lowest BCUT2D eigenvalue weighted by atomic mass is 9.83. The van der Waals surface area contributed by atoms with Crippen molar-refractivity contribution in [2.24, 2.45) is 0 Å². The number of hydrogen-bond donors (Lipinski definition) is 2. The number of amides is 2. The lowest BCUT2D eigenvalue weighted by Gasteiger charge is -2.22. The fraction of sp³-hybridized carbons (Fsp3) is 0.147. The molecule has 5 aromatic rings. The van der Waals surface area contributed by atoms with Gasteiger partial charge in [-0.2, -0.15) is 5.26 Å². The number of nitriles is 1. The SMILES string of the molecule is N#Cc1c(NC(=O)C(Sc2cccc(NC(=O)c3ccco3)c2)c2ccccc2)sc2c1CCC(c1ccccc1)C2. The number of thioether (sulfide) groups is 1. The summed E-state index contributed by atoms with van der Waals surface area (Å²) in [7, 11) is 0. The van der Waals surface area contributed by atoms with Crippen LogP contribution in [0.2, 0.25) is 0 Å². The average molecular weight is 590 g/mol. The van der Waals surface area contributed by atoms with Crippen LogP contribution >= 0.6 is 23.1 Å². The summed E-state index contributed by atoms with van der Waals surface area (Å²) >= 11 is 2.91. The van der Waals surface area contributed by atoms with Gasteiger partial charge in [0.25, 0.3) is 5.91 Å². The van der Waals surface area contributed by atoms with Crippen molar-refractivity contribution in [2.45, 2.75) is 35.3 Å². The van der Waals surface area contributed by atoms with Crippen LogP contribution in [0.1, 0.15) is 55.3 Å². The highest BCUT2D eigenvalue weighted by Gasteiger charge is 2.29. The topological polar surface area (TPSA) is 95.1 Å². The maximum atomic E-state index is 13.9. The van der Waals surface area contributed by atoms with Crippen molar-refractivity contribution >= 4 is 45.6 Å². The summed E-state index contributed by atoms with van der Waals surface area (Å²) in [6.45, 7) is 0. The Morgan fingerprint density at radius 1 is 0.952 bits per heavy atom. The second kappa shape index (κ2) is 12.5. The minimum atomic E-state index is -0.579. The Morgan fingerprint density at radius 2 is 1.74 bits per heavy atom. The molecule has 3 aromatic carbocycles. The minimum absolute atomic E-state index is 0.203. The number of hydrogen-bond acceptors (Lipinski definition) is 6. The van der Waals surface area contributed by atoms with Gasteiger partial charge in [0.15, 0.2) is 5.76 Å². The van der Waals surface area contributed by atoms with E-state index in [1.807, 2.05) is 54.6 Å². The Hall–Kier alpha value is -4.58. The molecule has 2 N–H and O–H groups in total. The lowest BCUT2D eigenvalue weighted by Crippen LogP contribution is -2.19. The number of carbonyl (C=O) groups is 2. The molecule has 2 atom stereocenters. The third-order valence-corrected chi connectivity index (χ3v) is 9.73. The fourth-order valence-corrected chi connectivity index (χ4v) is 7.63. The number of carbonyl (C=O) groups excluding carboxylic acids is 2. The summed E-state index contributed by atoms with van der Waals surface area (Å²) in [5, 5.41) is 16.1. The van der Waals surface area contributed by atoms with Crippen molar-refractivity contribution in [1.29, 1.82) is 5.26 Å². The van der Waals surface area contributed by atoms with Crippen molar-refractivity contribution in [1.82, 2.24) is 0 Å². The molecular weight excluding hydrogens is 563 g/mol. The monoisotopic (exact) mass is 589 g/mol. The smallest absolute Gasteiger partial charge is 0.291 e. The van der Waals surface area contributed by atoms with Gasteiger partial charge in [-0.05, 0) is 72.2 Å². The van der Waals surface area contributed by atoms with E-state index in [0.29, 0.717) is 22.2 Å². The largest absolute Gasteiger partial charge is 0.459 e. The highest BCUT2D eigenvalue weighted by Crippen LogP contribution is 2.43. The third kappa shape index (κ3) is 6.03. The number of rotatable bonds is 8. The lowest BCUT2D eigenvalue weighted by molar-refractivity contribution is -0.115. The van der Waals surface area contributed by atoms with Crippen LogP contribution in [0.3, 0.4) is 0 Å². The van der Waals surface area contributed by atoms with Gasteiger partial charge in [-0.25, -0.2) is 0 Å². The summed E-state index contributed by atoms with van der Waals surface area (Å²) in [6, 6.07) is 33.1. The van der Waals surface area contributed by atoms with E-state index >= 15 is 0 Å². The first-order chi connectivity index (χ1) is 20.6. The van der Waals surface area contributed by atoms with Gasteiger partial charge in [-0.15, -0.1) is 23.1 Å². The molecular formula is C34H27N3O3S2. The molecule has 0 saturated heterocycles. The summed E-state index contributed by atoms with van der Waals surface area (Å²) in [5.41, 5.74) is 4.39. The number of thiophene rings is 1. The molecule has 208 valence electrons. The van der Waals surface area contributed by atoms with Gasteiger partial charge in [0, 0.05) is 15.5 Å². The Balaban J connectivity index is 1.23. The first kappa shape index (κ1) is 27.6. The Labute approximate surface area is 252 Å². The fourth-order valence-electron chi connectivity index (χ4n) is 5.26. The highest BCUT2D eigenvalue weighted by molar-refractivity contribution is 8.00. The summed E-state index contributed by atoms with van der Waals surface area (Å²) in [6.07, 6.45) is 4.11. The van der Waals surface area contributed by atoms with Crippen molar-refractivity contribution in [3.63, 3.8) is 0 Å². The van der Waals surface area contributed by atoms with E-state index < -0.39 is 5.25 Å². The molecule has 0 radical (unpaired) electrons. The molecule has 2 aromatic heterocycles. The zero-order valence-electron chi connectivity index (χ0n) is 22.6. The van der Waals surface area contributed by atoms with Gasteiger partial charge in [0.2, 0.25) is 5.91 Å². The van der Waals surface area contributed by atoms with Crippen molar-refractivity contribution in [3.05, 3.63) is 136 Å². The zero-order chi connectivity index (χ0) is 28.9. The van der Waals surface area contributed by atoms with E-state index in [1.54, 1.807) is 18.2 Å². The zero-order valence-corrected chi connectivity index (χ0v) is 24.2. The molecule has 0 spiro atoms. The first-order valence-electron chi connectivity index (χ1n) is 13.7. The highest BCUT2D eigenvalue weighted by atomic mass is 32.2. The number of furan rings is 1. The predicted molar refractivity (Wildman–Crippen MR) is 167 cm³/mol. The van der Waals surface area contributed by atoms with Gasteiger partial charge in [-0.1, -0.05) is 66.7 Å². The molecule has 2 amide bonds. The normalized spacial score (nSPS) is 14.8. The molecule has 42 heavy (non-hydrogen) atoms. The molecule has 6 nitrogen and oxygen atoms in total. The van der Waals surface area contributed by atoms with E-state index in [0.717, 1.165) is 35.3 Å². The van der Waals surface area contributed by atoms with Gasteiger partial charge in [0.1, 0.15) is 16.3 Å². The predicted octanol–water partition coefficient (Wildman–Crippen LogP) is 8.21. The van der Waals surface area contributed by atoms with Crippen molar-refractivity contribution in [3.8, 4) is 6.07 Å². The number of benzene rings is 3. The molecule has 8 heteroatoms. The van der Waals surface area contributed by atoms with E-state index in [2.05, 4.69) is 41.0 Å². The van der Waals surface area contributed by atoms with Crippen LogP contribution in [0.4, 0.5) is 10.7 Å². The molecule has 0 saturated carbocycles. The molecule has 0 bridgehead atoms. The van der Waals surface area contributed by atoms with Crippen LogP contribution in [0.5, 0.6) is 0 Å². The molecule has 0 aliphatic heterocycles. The summed E-state index contributed by atoms with van der Waals surface area (Å²) < 4.78 is 5.19. The third-order valence-electron chi connectivity index (χ3n) is 7.32. The van der Waals surface area contributed by atoms with Gasteiger partial charge >= 0.3 is 0 Å². The first-order valence-corrected chi connectivity index (χ1v) is 15.4. The van der Waals surface area contributed by atoms with E-state index in [-0.39, 0.29) is 17.6 Å². The van der Waals surface area contributed by atoms with Crippen LogP contribution in [0, 0.1) is 11.3 Å². The van der Waals surface area contributed by atoms with Crippen LogP contribution < -0.4 is 10.6 Å². The number of anilines is 2.